The Labute approximate surface area is 94.5 Å². The Hall–Kier alpha value is -1.62. The number of amides is 1. The molecule has 1 rings (SSSR count). The maximum atomic E-state index is 11.7. The highest BCUT2D eigenvalue weighted by Crippen LogP contribution is 2.11. The standard InChI is InChI=1S/C11H16N2O3/c1-11(2,7-14)13-10(15)9-6-8(16-3)4-5-12-9/h4-6,14H,7H2,1-3H3,(H,13,15). The van der Waals surface area contributed by atoms with Crippen LogP contribution in [0.5, 0.6) is 5.75 Å². The summed E-state index contributed by atoms with van der Waals surface area (Å²) in [6.07, 6.45) is 1.50. The molecule has 0 bridgehead atoms. The third kappa shape index (κ3) is 3.20. The predicted octanol–water partition coefficient (Wildman–Crippen LogP) is 0.591. The summed E-state index contributed by atoms with van der Waals surface area (Å²) in [6.45, 7) is 3.32. The second-order valence-electron chi connectivity index (χ2n) is 4.08. The van der Waals surface area contributed by atoms with Crippen LogP contribution in [0.1, 0.15) is 24.3 Å². The van der Waals surface area contributed by atoms with Crippen LogP contribution in [0, 0.1) is 0 Å². The van der Waals surface area contributed by atoms with Crippen molar-refractivity contribution in [2.45, 2.75) is 19.4 Å². The minimum atomic E-state index is -0.665. The van der Waals surface area contributed by atoms with Crippen molar-refractivity contribution in [2.24, 2.45) is 0 Å². The molecule has 0 aromatic carbocycles. The van der Waals surface area contributed by atoms with E-state index in [0.717, 1.165) is 0 Å². The first kappa shape index (κ1) is 12.4. The number of ether oxygens (including phenoxy) is 1. The smallest absolute Gasteiger partial charge is 0.270 e. The lowest BCUT2D eigenvalue weighted by Gasteiger charge is -2.23. The number of carbonyl (C=O) groups is 1. The lowest BCUT2D eigenvalue weighted by molar-refractivity contribution is 0.0864. The number of methoxy groups -OCH3 is 1. The topological polar surface area (TPSA) is 71.5 Å². The first-order valence-corrected chi connectivity index (χ1v) is 4.92. The van der Waals surface area contributed by atoms with E-state index in [4.69, 9.17) is 9.84 Å². The molecule has 0 fully saturated rings. The molecule has 1 aromatic rings. The molecular formula is C11H16N2O3. The van der Waals surface area contributed by atoms with E-state index in [9.17, 15) is 4.79 Å². The number of carbonyl (C=O) groups excluding carboxylic acids is 1. The normalized spacial score (nSPS) is 11.0. The molecule has 0 spiro atoms. The number of pyridine rings is 1. The number of rotatable bonds is 4. The molecule has 2 N–H and O–H groups in total. The summed E-state index contributed by atoms with van der Waals surface area (Å²) in [4.78, 5) is 15.7. The maximum absolute atomic E-state index is 11.7. The minimum absolute atomic E-state index is 0.136. The molecule has 16 heavy (non-hydrogen) atoms. The van der Waals surface area contributed by atoms with Crippen molar-refractivity contribution in [3.8, 4) is 5.75 Å². The Morgan fingerprint density at radius 2 is 2.31 bits per heavy atom. The van der Waals surface area contributed by atoms with Crippen molar-refractivity contribution in [1.82, 2.24) is 10.3 Å². The zero-order valence-electron chi connectivity index (χ0n) is 9.65. The lowest BCUT2D eigenvalue weighted by Crippen LogP contribution is -2.46. The Balaban J connectivity index is 2.80. The average Bonchev–Trinajstić information content (AvgIpc) is 2.28. The van der Waals surface area contributed by atoms with Gasteiger partial charge in [-0.1, -0.05) is 0 Å². The molecule has 0 aliphatic heterocycles. The van der Waals surface area contributed by atoms with Gasteiger partial charge in [0.1, 0.15) is 11.4 Å². The van der Waals surface area contributed by atoms with Crippen LogP contribution >= 0.6 is 0 Å². The van der Waals surface area contributed by atoms with Gasteiger partial charge in [0.25, 0.3) is 5.91 Å². The summed E-state index contributed by atoms with van der Waals surface area (Å²) in [5.41, 5.74) is -0.400. The third-order valence-corrected chi connectivity index (χ3v) is 2.05. The van der Waals surface area contributed by atoms with Crippen LogP contribution in [0.25, 0.3) is 0 Å². The van der Waals surface area contributed by atoms with Crippen molar-refractivity contribution in [2.75, 3.05) is 13.7 Å². The molecule has 5 nitrogen and oxygen atoms in total. The Kier molecular flexibility index (Phi) is 3.84. The third-order valence-electron chi connectivity index (χ3n) is 2.05. The average molecular weight is 224 g/mol. The summed E-state index contributed by atoms with van der Waals surface area (Å²) in [6, 6.07) is 3.21. The summed E-state index contributed by atoms with van der Waals surface area (Å²) < 4.78 is 4.99. The van der Waals surface area contributed by atoms with E-state index in [1.807, 2.05) is 0 Å². The van der Waals surface area contributed by atoms with Gasteiger partial charge in [-0.2, -0.15) is 0 Å². The minimum Gasteiger partial charge on any atom is -0.497 e. The predicted molar refractivity (Wildman–Crippen MR) is 59.4 cm³/mol. The van der Waals surface area contributed by atoms with Crippen LogP contribution in [-0.4, -0.2) is 35.3 Å². The number of hydrogen-bond donors (Lipinski definition) is 2. The van der Waals surface area contributed by atoms with Crippen LogP contribution in [0.2, 0.25) is 0 Å². The number of hydrogen-bond acceptors (Lipinski definition) is 4. The van der Waals surface area contributed by atoms with Crippen LogP contribution < -0.4 is 10.1 Å². The second-order valence-corrected chi connectivity index (χ2v) is 4.08. The van der Waals surface area contributed by atoms with E-state index < -0.39 is 5.54 Å². The summed E-state index contributed by atoms with van der Waals surface area (Å²) in [7, 11) is 1.52. The van der Waals surface area contributed by atoms with E-state index in [-0.39, 0.29) is 18.2 Å². The lowest BCUT2D eigenvalue weighted by atomic mass is 10.1. The molecule has 0 saturated heterocycles. The summed E-state index contributed by atoms with van der Waals surface area (Å²) >= 11 is 0. The Bertz CT molecular complexity index is 377. The van der Waals surface area contributed by atoms with Gasteiger partial charge in [0, 0.05) is 12.3 Å². The molecule has 0 aliphatic rings. The van der Waals surface area contributed by atoms with E-state index >= 15 is 0 Å². The van der Waals surface area contributed by atoms with Gasteiger partial charge in [-0.05, 0) is 19.9 Å². The Morgan fingerprint density at radius 3 is 2.88 bits per heavy atom. The van der Waals surface area contributed by atoms with Gasteiger partial charge in [-0.25, -0.2) is 0 Å². The maximum Gasteiger partial charge on any atom is 0.270 e. The van der Waals surface area contributed by atoms with Gasteiger partial charge in [0.05, 0.1) is 19.3 Å². The van der Waals surface area contributed by atoms with Gasteiger partial charge in [-0.15, -0.1) is 0 Å². The highest BCUT2D eigenvalue weighted by atomic mass is 16.5. The van der Waals surface area contributed by atoms with E-state index in [1.165, 1.54) is 13.3 Å². The van der Waals surface area contributed by atoms with E-state index in [2.05, 4.69) is 10.3 Å². The second kappa shape index (κ2) is 4.94. The molecule has 1 aromatic heterocycles. The number of aliphatic hydroxyl groups is 1. The largest absolute Gasteiger partial charge is 0.497 e. The highest BCUT2D eigenvalue weighted by Gasteiger charge is 2.20. The van der Waals surface area contributed by atoms with Crippen LogP contribution in [-0.2, 0) is 0 Å². The fourth-order valence-corrected chi connectivity index (χ4v) is 1.07. The molecule has 5 heteroatoms. The van der Waals surface area contributed by atoms with Gasteiger partial charge < -0.3 is 15.2 Å². The van der Waals surface area contributed by atoms with Gasteiger partial charge in [-0.3, -0.25) is 9.78 Å². The monoisotopic (exact) mass is 224 g/mol. The van der Waals surface area contributed by atoms with Crippen molar-refractivity contribution < 1.29 is 14.6 Å². The van der Waals surface area contributed by atoms with Crippen LogP contribution in [0.3, 0.4) is 0 Å². The fraction of sp³-hybridized carbons (Fsp3) is 0.455. The van der Waals surface area contributed by atoms with Crippen LogP contribution in [0.4, 0.5) is 0 Å². The molecular weight excluding hydrogens is 208 g/mol. The zero-order valence-corrected chi connectivity index (χ0v) is 9.65. The van der Waals surface area contributed by atoms with Crippen molar-refractivity contribution in [1.29, 1.82) is 0 Å². The Morgan fingerprint density at radius 1 is 1.62 bits per heavy atom. The van der Waals surface area contributed by atoms with Gasteiger partial charge >= 0.3 is 0 Å². The molecule has 1 amide bonds. The molecule has 0 radical (unpaired) electrons. The first-order valence-electron chi connectivity index (χ1n) is 4.92. The van der Waals surface area contributed by atoms with E-state index in [0.29, 0.717) is 5.75 Å². The molecule has 0 aliphatic carbocycles. The number of aliphatic hydroxyl groups excluding tert-OH is 1. The van der Waals surface area contributed by atoms with E-state index in [1.54, 1.807) is 26.0 Å². The number of aromatic nitrogens is 1. The molecule has 0 saturated carbocycles. The summed E-state index contributed by atoms with van der Waals surface area (Å²) in [5, 5.41) is 11.7. The van der Waals surface area contributed by atoms with Crippen molar-refractivity contribution in [3.05, 3.63) is 24.0 Å². The van der Waals surface area contributed by atoms with Crippen molar-refractivity contribution in [3.63, 3.8) is 0 Å². The van der Waals surface area contributed by atoms with Crippen LogP contribution in [0.15, 0.2) is 18.3 Å². The molecule has 0 unspecified atom stereocenters. The van der Waals surface area contributed by atoms with Gasteiger partial charge in [0.2, 0.25) is 0 Å². The quantitative estimate of drug-likeness (QED) is 0.785. The summed E-state index contributed by atoms with van der Waals surface area (Å²) in [5.74, 6) is 0.236. The highest BCUT2D eigenvalue weighted by molar-refractivity contribution is 5.93. The molecule has 88 valence electrons. The molecule has 0 atom stereocenters. The SMILES string of the molecule is COc1ccnc(C(=O)NC(C)(C)CO)c1. The first-order chi connectivity index (χ1) is 7.48. The molecule has 1 heterocycles. The zero-order chi connectivity index (χ0) is 12.2. The van der Waals surface area contributed by atoms with Gasteiger partial charge in [0.15, 0.2) is 0 Å². The fourth-order valence-electron chi connectivity index (χ4n) is 1.07. The number of nitrogens with one attached hydrogen (secondary N) is 1. The number of nitrogens with zero attached hydrogens (tertiary/aromatic N) is 1. The van der Waals surface area contributed by atoms with Crippen molar-refractivity contribution >= 4 is 5.91 Å².